The first-order valence-electron chi connectivity index (χ1n) is 9.57. The fourth-order valence-electron chi connectivity index (χ4n) is 3.72. The van der Waals surface area contributed by atoms with Gasteiger partial charge in [0.1, 0.15) is 11.2 Å². The van der Waals surface area contributed by atoms with Gasteiger partial charge in [-0.2, -0.15) is 0 Å². The minimum atomic E-state index is -0.431. The van der Waals surface area contributed by atoms with E-state index in [1.165, 1.54) is 0 Å². The second kappa shape index (κ2) is 5.93. The van der Waals surface area contributed by atoms with Gasteiger partial charge in [0, 0.05) is 23.2 Å². The summed E-state index contributed by atoms with van der Waals surface area (Å²) in [6.07, 6.45) is 3.67. The third-order valence-electron chi connectivity index (χ3n) is 6.05. The Kier molecular flexibility index (Phi) is 3.70. The Morgan fingerprint density at radius 2 is 1.54 bits per heavy atom. The Bertz CT molecular complexity index is 1180. The maximum absolute atomic E-state index is 6.29. The van der Waals surface area contributed by atoms with Crippen molar-refractivity contribution in [1.82, 2.24) is 4.98 Å². The molecular weight excluding hydrogens is 349 g/mol. The standard InChI is InChI=1S/C23H22BNO3/c1-22(2)23(3,4)28-24(27-22)19-11-12-25-14-18(19)15-9-10-21-17(13-15)16-7-5-6-8-20(16)26-21/h5-14H,1-4H3. The van der Waals surface area contributed by atoms with Crippen LogP contribution in [0.2, 0.25) is 0 Å². The highest BCUT2D eigenvalue weighted by atomic mass is 16.7. The van der Waals surface area contributed by atoms with E-state index in [4.69, 9.17) is 13.7 Å². The van der Waals surface area contributed by atoms with Crippen molar-refractivity contribution in [1.29, 1.82) is 0 Å². The first kappa shape index (κ1) is 17.5. The third-order valence-corrected chi connectivity index (χ3v) is 6.05. The number of hydrogen-bond donors (Lipinski definition) is 0. The Labute approximate surface area is 164 Å². The molecule has 0 amide bonds. The SMILES string of the molecule is CC1(C)OB(c2ccncc2-c2ccc3oc4ccccc4c3c2)OC1(C)C. The molecule has 5 rings (SSSR count). The molecule has 0 atom stereocenters. The minimum absolute atomic E-state index is 0.386. The van der Waals surface area contributed by atoms with Gasteiger partial charge in [0.15, 0.2) is 0 Å². The van der Waals surface area contributed by atoms with Crippen LogP contribution in [-0.2, 0) is 9.31 Å². The predicted octanol–water partition coefficient (Wildman–Crippen LogP) is 4.95. The van der Waals surface area contributed by atoms with Gasteiger partial charge in [0.05, 0.1) is 11.2 Å². The smallest absolute Gasteiger partial charge is 0.456 e. The van der Waals surface area contributed by atoms with Crippen LogP contribution in [0.1, 0.15) is 27.7 Å². The number of furan rings is 1. The van der Waals surface area contributed by atoms with Crippen LogP contribution < -0.4 is 5.46 Å². The maximum Gasteiger partial charge on any atom is 0.495 e. The van der Waals surface area contributed by atoms with Crippen LogP contribution in [-0.4, -0.2) is 23.3 Å². The lowest BCUT2D eigenvalue weighted by atomic mass is 9.75. The van der Waals surface area contributed by atoms with Crippen molar-refractivity contribution in [2.24, 2.45) is 0 Å². The van der Waals surface area contributed by atoms with Crippen LogP contribution >= 0.6 is 0 Å². The summed E-state index contributed by atoms with van der Waals surface area (Å²) < 4.78 is 18.5. The number of benzene rings is 2. The van der Waals surface area contributed by atoms with Gasteiger partial charge in [-0.15, -0.1) is 0 Å². The highest BCUT2D eigenvalue weighted by molar-refractivity contribution is 6.63. The molecule has 1 fully saturated rings. The molecule has 0 spiro atoms. The highest BCUT2D eigenvalue weighted by Crippen LogP contribution is 2.38. The predicted molar refractivity (Wildman–Crippen MR) is 113 cm³/mol. The number of fused-ring (bicyclic) bond motifs is 3. The van der Waals surface area contributed by atoms with Crippen LogP contribution in [0.5, 0.6) is 0 Å². The van der Waals surface area contributed by atoms with Crippen LogP contribution in [0.25, 0.3) is 33.1 Å². The fraction of sp³-hybridized carbons (Fsp3) is 0.261. The zero-order valence-electron chi connectivity index (χ0n) is 16.5. The lowest BCUT2D eigenvalue weighted by molar-refractivity contribution is 0.00578. The van der Waals surface area contributed by atoms with Gasteiger partial charge in [-0.25, -0.2) is 0 Å². The normalized spacial score (nSPS) is 18.2. The highest BCUT2D eigenvalue weighted by Gasteiger charge is 2.52. The summed E-state index contributed by atoms with van der Waals surface area (Å²) in [4.78, 5) is 4.36. The number of pyridine rings is 1. The molecule has 1 saturated heterocycles. The average molecular weight is 371 g/mol. The molecule has 2 aromatic heterocycles. The number of para-hydroxylation sites is 1. The van der Waals surface area contributed by atoms with Gasteiger partial charge in [-0.1, -0.05) is 24.3 Å². The number of hydrogen-bond acceptors (Lipinski definition) is 4. The van der Waals surface area contributed by atoms with Crippen LogP contribution in [0.3, 0.4) is 0 Å². The third kappa shape index (κ3) is 2.58. The molecule has 3 heterocycles. The van der Waals surface area contributed by atoms with E-state index in [2.05, 4.69) is 50.9 Å². The summed E-state index contributed by atoms with van der Waals surface area (Å²) in [5.74, 6) is 0. The molecule has 0 unspecified atom stereocenters. The van der Waals surface area contributed by atoms with E-state index in [0.717, 1.165) is 38.5 Å². The molecule has 2 aromatic carbocycles. The van der Waals surface area contributed by atoms with E-state index in [1.807, 2.05) is 36.5 Å². The molecule has 140 valence electrons. The number of rotatable bonds is 2. The molecule has 28 heavy (non-hydrogen) atoms. The molecule has 5 heteroatoms. The number of nitrogens with zero attached hydrogens (tertiary/aromatic N) is 1. The molecule has 0 radical (unpaired) electrons. The van der Waals surface area contributed by atoms with E-state index < -0.39 is 7.12 Å². The van der Waals surface area contributed by atoms with Gasteiger partial charge in [0.2, 0.25) is 0 Å². The quantitative estimate of drug-likeness (QED) is 0.468. The van der Waals surface area contributed by atoms with Gasteiger partial charge in [-0.05, 0) is 68.6 Å². The fourth-order valence-corrected chi connectivity index (χ4v) is 3.72. The first-order valence-corrected chi connectivity index (χ1v) is 9.57. The van der Waals surface area contributed by atoms with E-state index in [-0.39, 0.29) is 11.2 Å². The zero-order chi connectivity index (χ0) is 19.5. The maximum atomic E-state index is 6.29. The topological polar surface area (TPSA) is 44.5 Å². The first-order chi connectivity index (χ1) is 13.4. The summed E-state index contributed by atoms with van der Waals surface area (Å²) >= 11 is 0. The summed E-state index contributed by atoms with van der Waals surface area (Å²) in [6, 6.07) is 16.3. The molecule has 4 aromatic rings. The van der Waals surface area contributed by atoms with Crippen LogP contribution in [0, 0.1) is 0 Å². The Morgan fingerprint density at radius 1 is 0.821 bits per heavy atom. The van der Waals surface area contributed by atoms with Gasteiger partial charge >= 0.3 is 7.12 Å². The van der Waals surface area contributed by atoms with Crippen molar-refractivity contribution >= 4 is 34.5 Å². The van der Waals surface area contributed by atoms with E-state index in [9.17, 15) is 0 Å². The van der Waals surface area contributed by atoms with Crippen LogP contribution in [0.4, 0.5) is 0 Å². The molecule has 1 aliphatic rings. The van der Waals surface area contributed by atoms with E-state index in [0.29, 0.717) is 0 Å². The molecule has 0 saturated carbocycles. The second-order valence-electron chi connectivity index (χ2n) is 8.36. The summed E-state index contributed by atoms with van der Waals surface area (Å²) in [5, 5.41) is 2.21. The van der Waals surface area contributed by atoms with E-state index in [1.54, 1.807) is 6.20 Å². The summed E-state index contributed by atoms with van der Waals surface area (Å²) in [7, 11) is -0.431. The molecule has 1 aliphatic heterocycles. The Hall–Kier alpha value is -2.63. The second-order valence-corrected chi connectivity index (χ2v) is 8.36. The lowest BCUT2D eigenvalue weighted by Gasteiger charge is -2.32. The largest absolute Gasteiger partial charge is 0.495 e. The number of aromatic nitrogens is 1. The Balaban J connectivity index is 1.64. The minimum Gasteiger partial charge on any atom is -0.456 e. The lowest BCUT2D eigenvalue weighted by Crippen LogP contribution is -2.41. The van der Waals surface area contributed by atoms with Crippen molar-refractivity contribution in [3.63, 3.8) is 0 Å². The molecule has 0 N–H and O–H groups in total. The van der Waals surface area contributed by atoms with Gasteiger partial charge in [0.25, 0.3) is 0 Å². The van der Waals surface area contributed by atoms with Crippen LogP contribution in [0.15, 0.2) is 65.3 Å². The van der Waals surface area contributed by atoms with E-state index >= 15 is 0 Å². The Morgan fingerprint density at radius 3 is 2.32 bits per heavy atom. The zero-order valence-corrected chi connectivity index (χ0v) is 16.5. The van der Waals surface area contributed by atoms with Crippen molar-refractivity contribution in [2.75, 3.05) is 0 Å². The molecule has 4 nitrogen and oxygen atoms in total. The molecule has 0 bridgehead atoms. The average Bonchev–Trinajstić information content (AvgIpc) is 3.15. The van der Waals surface area contributed by atoms with Crippen molar-refractivity contribution < 1.29 is 13.7 Å². The summed E-state index contributed by atoms with van der Waals surface area (Å²) in [6.45, 7) is 8.27. The van der Waals surface area contributed by atoms with Gasteiger partial charge < -0.3 is 13.7 Å². The molecular formula is C23H22BNO3. The van der Waals surface area contributed by atoms with Crippen molar-refractivity contribution in [3.8, 4) is 11.1 Å². The summed E-state index contributed by atoms with van der Waals surface area (Å²) in [5.41, 5.74) is 4.06. The van der Waals surface area contributed by atoms with Gasteiger partial charge in [-0.3, -0.25) is 4.98 Å². The molecule has 0 aliphatic carbocycles. The monoisotopic (exact) mass is 371 g/mol. The van der Waals surface area contributed by atoms with Crippen molar-refractivity contribution in [3.05, 3.63) is 60.9 Å². The van der Waals surface area contributed by atoms with Crippen molar-refractivity contribution in [2.45, 2.75) is 38.9 Å².